The summed E-state index contributed by atoms with van der Waals surface area (Å²) in [4.78, 5) is 22.0. The van der Waals surface area contributed by atoms with E-state index in [1.165, 1.54) is 12.1 Å². The number of carbonyl (C=O) groups is 2. The first kappa shape index (κ1) is 13.1. The van der Waals surface area contributed by atoms with Crippen LogP contribution >= 0.6 is 11.6 Å². The minimum Gasteiger partial charge on any atom is -0.508 e. The SMILES string of the molecule is NC(=O)C(C(=O)O)c1ccc(O)c(CCl)c1N. The lowest BCUT2D eigenvalue weighted by atomic mass is 9.94. The number of amides is 1. The summed E-state index contributed by atoms with van der Waals surface area (Å²) in [7, 11) is 0. The molecule has 1 aromatic carbocycles. The van der Waals surface area contributed by atoms with Gasteiger partial charge in [0.15, 0.2) is 5.92 Å². The van der Waals surface area contributed by atoms with Gasteiger partial charge in [0.1, 0.15) is 5.75 Å². The van der Waals surface area contributed by atoms with Crippen LogP contribution in [0.2, 0.25) is 0 Å². The van der Waals surface area contributed by atoms with E-state index in [1.807, 2.05) is 0 Å². The van der Waals surface area contributed by atoms with Crippen molar-refractivity contribution in [3.05, 3.63) is 23.3 Å². The molecule has 1 rings (SSSR count). The molecule has 0 aromatic heterocycles. The minimum atomic E-state index is -1.56. The minimum absolute atomic E-state index is 0.0263. The van der Waals surface area contributed by atoms with E-state index in [1.54, 1.807) is 0 Å². The monoisotopic (exact) mass is 258 g/mol. The summed E-state index contributed by atoms with van der Waals surface area (Å²) in [5.41, 5.74) is 10.8. The smallest absolute Gasteiger partial charge is 0.320 e. The lowest BCUT2D eigenvalue weighted by molar-refractivity contribution is -0.142. The third-order valence-electron chi connectivity index (χ3n) is 2.34. The summed E-state index contributed by atoms with van der Waals surface area (Å²) in [5.74, 6) is -4.25. The Morgan fingerprint density at radius 3 is 2.41 bits per heavy atom. The van der Waals surface area contributed by atoms with Crippen LogP contribution in [0.1, 0.15) is 17.0 Å². The number of halogens is 1. The first-order chi connectivity index (χ1) is 7.90. The van der Waals surface area contributed by atoms with Crippen molar-refractivity contribution in [1.29, 1.82) is 0 Å². The van der Waals surface area contributed by atoms with Crippen LogP contribution in [0.3, 0.4) is 0 Å². The van der Waals surface area contributed by atoms with Crippen molar-refractivity contribution in [3.8, 4) is 5.75 Å². The largest absolute Gasteiger partial charge is 0.508 e. The van der Waals surface area contributed by atoms with Crippen molar-refractivity contribution in [2.24, 2.45) is 5.73 Å². The van der Waals surface area contributed by atoms with Crippen LogP contribution in [0, 0.1) is 0 Å². The quantitative estimate of drug-likeness (QED) is 0.352. The molecule has 0 aliphatic heterocycles. The first-order valence-corrected chi connectivity index (χ1v) is 5.11. The van der Waals surface area contributed by atoms with Gasteiger partial charge in [0.2, 0.25) is 5.91 Å². The van der Waals surface area contributed by atoms with E-state index < -0.39 is 17.8 Å². The average molecular weight is 259 g/mol. The molecule has 6 N–H and O–H groups in total. The summed E-state index contributed by atoms with van der Waals surface area (Å²) in [6, 6.07) is 2.46. The molecule has 1 atom stereocenters. The van der Waals surface area contributed by atoms with Crippen LogP contribution in [0.25, 0.3) is 0 Å². The molecule has 0 bridgehead atoms. The molecular weight excluding hydrogens is 248 g/mol. The molecule has 1 aromatic rings. The number of carbonyl (C=O) groups excluding carboxylic acids is 1. The third-order valence-corrected chi connectivity index (χ3v) is 2.61. The highest BCUT2D eigenvalue weighted by molar-refractivity contribution is 6.17. The van der Waals surface area contributed by atoms with E-state index in [9.17, 15) is 14.7 Å². The fourth-order valence-electron chi connectivity index (χ4n) is 1.47. The van der Waals surface area contributed by atoms with E-state index >= 15 is 0 Å². The van der Waals surface area contributed by atoms with Crippen LogP contribution in [0.15, 0.2) is 12.1 Å². The number of carboxylic acid groups (broad SMARTS) is 1. The molecule has 1 amide bonds. The maximum atomic E-state index is 11.1. The second-order valence-corrected chi connectivity index (χ2v) is 3.64. The number of phenolic OH excluding ortho intramolecular Hbond substituents is 1. The van der Waals surface area contributed by atoms with Gasteiger partial charge in [0, 0.05) is 11.3 Å². The zero-order chi connectivity index (χ0) is 13.2. The summed E-state index contributed by atoms with van der Waals surface area (Å²) in [6.07, 6.45) is 0. The number of aliphatic carboxylic acids is 1. The van der Waals surface area contributed by atoms with Crippen LogP contribution < -0.4 is 11.5 Å². The number of phenols is 1. The summed E-state index contributed by atoms with van der Waals surface area (Å²) < 4.78 is 0. The molecule has 6 nitrogen and oxygen atoms in total. The fourth-order valence-corrected chi connectivity index (χ4v) is 1.75. The number of hydrogen-bond acceptors (Lipinski definition) is 4. The van der Waals surface area contributed by atoms with Gasteiger partial charge < -0.3 is 21.7 Å². The number of aromatic hydroxyl groups is 1. The van der Waals surface area contributed by atoms with Crippen LogP contribution in [-0.4, -0.2) is 22.1 Å². The average Bonchev–Trinajstić information content (AvgIpc) is 2.21. The van der Waals surface area contributed by atoms with Crippen LogP contribution in [0.5, 0.6) is 5.75 Å². The lowest BCUT2D eigenvalue weighted by Crippen LogP contribution is -2.29. The molecule has 0 spiro atoms. The third kappa shape index (κ3) is 2.42. The predicted molar refractivity (Wildman–Crippen MR) is 61.6 cm³/mol. The Bertz CT molecular complexity index is 462. The van der Waals surface area contributed by atoms with Gasteiger partial charge >= 0.3 is 5.97 Å². The molecule has 0 aliphatic carbocycles. The molecule has 0 radical (unpaired) electrons. The summed E-state index contributed by atoms with van der Waals surface area (Å²) in [5, 5.41) is 18.3. The number of alkyl halides is 1. The fraction of sp³-hybridized carbons (Fsp3) is 0.200. The second kappa shape index (κ2) is 4.92. The Labute approximate surface area is 102 Å². The topological polar surface area (TPSA) is 127 Å². The van der Waals surface area contributed by atoms with Gasteiger partial charge in [-0.25, -0.2) is 0 Å². The normalized spacial score (nSPS) is 12.1. The lowest BCUT2D eigenvalue weighted by Gasteiger charge is -2.14. The van der Waals surface area contributed by atoms with E-state index in [4.69, 9.17) is 28.2 Å². The Morgan fingerprint density at radius 1 is 1.41 bits per heavy atom. The number of nitrogens with two attached hydrogens (primary N) is 2. The number of carboxylic acids is 1. The number of primary amides is 1. The van der Waals surface area contributed by atoms with Crippen molar-refractivity contribution in [2.75, 3.05) is 5.73 Å². The van der Waals surface area contributed by atoms with Crippen LogP contribution in [0.4, 0.5) is 5.69 Å². The second-order valence-electron chi connectivity index (χ2n) is 3.37. The Balaban J connectivity index is 3.40. The maximum Gasteiger partial charge on any atom is 0.320 e. The standard InChI is InChI=1S/C10H11ClN2O4/c11-3-5-6(14)2-1-4(8(5)12)7(9(13)15)10(16)17/h1-2,7,14H,3,12H2,(H2,13,15)(H,16,17). The Hall–Kier alpha value is -1.95. The molecule has 0 saturated carbocycles. The van der Waals surface area contributed by atoms with Gasteiger partial charge in [0.05, 0.1) is 5.88 Å². The zero-order valence-corrected chi connectivity index (χ0v) is 9.44. The Morgan fingerprint density at radius 2 is 2.00 bits per heavy atom. The van der Waals surface area contributed by atoms with Crippen molar-refractivity contribution in [2.45, 2.75) is 11.8 Å². The molecule has 0 heterocycles. The molecule has 0 fully saturated rings. The molecule has 17 heavy (non-hydrogen) atoms. The molecule has 1 unspecified atom stereocenters. The van der Waals surface area contributed by atoms with Crippen molar-refractivity contribution >= 4 is 29.2 Å². The van der Waals surface area contributed by atoms with E-state index in [-0.39, 0.29) is 28.4 Å². The summed E-state index contributed by atoms with van der Waals surface area (Å²) >= 11 is 5.57. The van der Waals surface area contributed by atoms with Gasteiger partial charge in [-0.05, 0) is 11.6 Å². The van der Waals surface area contributed by atoms with Gasteiger partial charge in [-0.3, -0.25) is 9.59 Å². The number of hydrogen-bond donors (Lipinski definition) is 4. The number of rotatable bonds is 4. The number of anilines is 1. The van der Waals surface area contributed by atoms with Gasteiger partial charge in [-0.2, -0.15) is 0 Å². The van der Waals surface area contributed by atoms with Crippen LogP contribution in [-0.2, 0) is 15.5 Å². The highest BCUT2D eigenvalue weighted by Gasteiger charge is 2.29. The summed E-state index contributed by atoms with van der Waals surface area (Å²) in [6.45, 7) is 0. The van der Waals surface area contributed by atoms with Gasteiger partial charge in [-0.15, -0.1) is 11.6 Å². The van der Waals surface area contributed by atoms with E-state index in [0.717, 1.165) is 0 Å². The molecule has 92 valence electrons. The maximum absolute atomic E-state index is 11.1. The van der Waals surface area contributed by atoms with Crippen molar-refractivity contribution in [1.82, 2.24) is 0 Å². The van der Waals surface area contributed by atoms with E-state index in [0.29, 0.717) is 0 Å². The highest BCUT2D eigenvalue weighted by atomic mass is 35.5. The Kier molecular flexibility index (Phi) is 3.80. The van der Waals surface area contributed by atoms with E-state index in [2.05, 4.69) is 0 Å². The predicted octanol–water partition coefficient (Wildman–Crippen LogP) is 0.367. The van der Waals surface area contributed by atoms with Crippen molar-refractivity contribution in [3.63, 3.8) is 0 Å². The first-order valence-electron chi connectivity index (χ1n) is 4.58. The zero-order valence-electron chi connectivity index (χ0n) is 8.68. The van der Waals surface area contributed by atoms with Gasteiger partial charge in [0.25, 0.3) is 0 Å². The molecule has 0 saturated heterocycles. The number of benzene rings is 1. The van der Waals surface area contributed by atoms with Gasteiger partial charge in [-0.1, -0.05) is 6.07 Å². The molecule has 0 aliphatic rings. The molecular formula is C10H11ClN2O4. The van der Waals surface area contributed by atoms with Crippen molar-refractivity contribution < 1.29 is 19.8 Å². The number of nitrogen functional groups attached to an aromatic ring is 1. The highest BCUT2D eigenvalue weighted by Crippen LogP contribution is 2.32. The molecule has 7 heteroatoms.